The third kappa shape index (κ3) is 5.10. The largest absolute Gasteiger partial charge is 0.370 e. The van der Waals surface area contributed by atoms with Crippen molar-refractivity contribution >= 4 is 5.96 Å². The predicted octanol–water partition coefficient (Wildman–Crippen LogP) is 2.59. The van der Waals surface area contributed by atoms with Gasteiger partial charge in [-0.05, 0) is 24.5 Å². The molecule has 3 heterocycles. The average Bonchev–Trinajstić information content (AvgIpc) is 3.14. The van der Waals surface area contributed by atoms with Crippen molar-refractivity contribution < 1.29 is 4.74 Å². The first kappa shape index (κ1) is 20.3. The van der Waals surface area contributed by atoms with Crippen LogP contribution in [0, 0.1) is 5.92 Å². The average molecular weight is 385 g/mol. The number of nitrogens with zero attached hydrogens (tertiary/aromatic N) is 5. The van der Waals surface area contributed by atoms with Gasteiger partial charge >= 0.3 is 0 Å². The summed E-state index contributed by atoms with van der Waals surface area (Å²) in [5, 5.41) is 7.74. The van der Waals surface area contributed by atoms with Crippen molar-refractivity contribution in [2.24, 2.45) is 18.0 Å². The van der Waals surface area contributed by atoms with Crippen molar-refractivity contribution in [2.75, 3.05) is 32.8 Å². The quantitative estimate of drug-likeness (QED) is 0.612. The van der Waals surface area contributed by atoms with E-state index in [2.05, 4.69) is 47.1 Å². The first-order chi connectivity index (χ1) is 13.6. The van der Waals surface area contributed by atoms with E-state index in [1.807, 2.05) is 42.6 Å². The normalized spacial score (nSPS) is 19.1. The van der Waals surface area contributed by atoms with Gasteiger partial charge in [0, 0.05) is 56.8 Å². The fourth-order valence-corrected chi connectivity index (χ4v) is 3.56. The highest BCUT2D eigenvalue weighted by Crippen LogP contribution is 2.25. The molecule has 1 N–H and O–H groups in total. The van der Waals surface area contributed by atoms with Gasteiger partial charge in [-0.3, -0.25) is 14.7 Å². The van der Waals surface area contributed by atoms with Crippen LogP contribution in [0.25, 0.3) is 0 Å². The first-order valence-electron chi connectivity index (χ1n) is 10.1. The summed E-state index contributed by atoms with van der Waals surface area (Å²) in [6, 6.07) is 4.15. The van der Waals surface area contributed by atoms with Crippen LogP contribution in [0.4, 0.5) is 0 Å². The Hall–Kier alpha value is -2.41. The van der Waals surface area contributed by atoms with Crippen molar-refractivity contribution in [1.82, 2.24) is 25.0 Å². The molecule has 1 aliphatic heterocycles. The van der Waals surface area contributed by atoms with Crippen LogP contribution in [-0.2, 0) is 11.8 Å². The molecule has 0 aliphatic carbocycles. The van der Waals surface area contributed by atoms with Crippen LogP contribution in [0.5, 0.6) is 0 Å². The monoisotopic (exact) mass is 384 g/mol. The minimum Gasteiger partial charge on any atom is -0.370 e. The second-order valence-electron chi connectivity index (χ2n) is 7.58. The lowest BCUT2D eigenvalue weighted by atomic mass is 9.89. The molecule has 1 saturated heterocycles. The summed E-state index contributed by atoms with van der Waals surface area (Å²) in [5.41, 5.74) is 2.35. The summed E-state index contributed by atoms with van der Waals surface area (Å²) in [4.78, 5) is 11.6. The molecule has 0 spiro atoms. The zero-order chi connectivity index (χ0) is 19.9. The summed E-state index contributed by atoms with van der Waals surface area (Å²) in [5.74, 6) is 1.79. The topological polar surface area (TPSA) is 67.6 Å². The zero-order valence-electron chi connectivity index (χ0n) is 17.4. The van der Waals surface area contributed by atoms with Crippen LogP contribution < -0.4 is 5.32 Å². The van der Waals surface area contributed by atoms with Gasteiger partial charge in [0.2, 0.25) is 0 Å². The van der Waals surface area contributed by atoms with E-state index in [4.69, 9.17) is 9.73 Å². The SMILES string of the molecule is CCNC(=NCC(c1cccnc1)C(C)C)N1CCOC(c2cnn(C)c2)C1. The Balaban J connectivity index is 1.74. The van der Waals surface area contributed by atoms with Gasteiger partial charge in [-0.15, -0.1) is 0 Å². The molecule has 0 bridgehead atoms. The molecule has 1 fully saturated rings. The molecule has 2 aromatic heterocycles. The highest BCUT2D eigenvalue weighted by molar-refractivity contribution is 5.80. The van der Waals surface area contributed by atoms with E-state index < -0.39 is 0 Å². The van der Waals surface area contributed by atoms with Crippen LogP contribution in [0.2, 0.25) is 0 Å². The number of guanidine groups is 1. The third-order valence-corrected chi connectivity index (χ3v) is 5.15. The molecule has 3 rings (SSSR count). The first-order valence-corrected chi connectivity index (χ1v) is 10.1. The Morgan fingerprint density at radius 3 is 2.89 bits per heavy atom. The van der Waals surface area contributed by atoms with Gasteiger partial charge < -0.3 is 15.0 Å². The maximum Gasteiger partial charge on any atom is 0.194 e. The lowest BCUT2D eigenvalue weighted by molar-refractivity contribution is -0.00805. The number of nitrogens with one attached hydrogen (secondary N) is 1. The molecule has 152 valence electrons. The third-order valence-electron chi connectivity index (χ3n) is 5.15. The van der Waals surface area contributed by atoms with Crippen LogP contribution >= 0.6 is 0 Å². The van der Waals surface area contributed by atoms with Crippen LogP contribution in [0.3, 0.4) is 0 Å². The standard InChI is InChI=1S/C21H32N6O/c1-5-23-21(24-13-19(16(2)3)17-7-6-8-22-11-17)27-9-10-28-20(15-27)18-12-25-26(4)14-18/h6-8,11-12,14,16,19-20H,5,9-10,13,15H2,1-4H3,(H,23,24). The minimum atomic E-state index is 0.0190. The smallest absolute Gasteiger partial charge is 0.194 e. The Morgan fingerprint density at radius 1 is 1.39 bits per heavy atom. The molecular formula is C21H32N6O. The van der Waals surface area contributed by atoms with Crippen LogP contribution in [0.15, 0.2) is 41.9 Å². The van der Waals surface area contributed by atoms with Gasteiger partial charge in [-0.2, -0.15) is 5.10 Å². The Labute approximate surface area is 167 Å². The highest BCUT2D eigenvalue weighted by Gasteiger charge is 2.25. The number of pyridine rings is 1. The maximum absolute atomic E-state index is 5.98. The Morgan fingerprint density at radius 2 is 2.25 bits per heavy atom. The number of aliphatic imine (C=N–C) groups is 1. The lowest BCUT2D eigenvalue weighted by Crippen LogP contribution is -2.48. The number of aromatic nitrogens is 3. The molecular weight excluding hydrogens is 352 g/mol. The number of hydrogen-bond acceptors (Lipinski definition) is 4. The molecule has 28 heavy (non-hydrogen) atoms. The second-order valence-corrected chi connectivity index (χ2v) is 7.58. The summed E-state index contributed by atoms with van der Waals surface area (Å²) in [6.07, 6.45) is 7.71. The van der Waals surface area contributed by atoms with Crippen molar-refractivity contribution in [3.8, 4) is 0 Å². The highest BCUT2D eigenvalue weighted by atomic mass is 16.5. The van der Waals surface area contributed by atoms with Gasteiger partial charge in [0.05, 0.1) is 19.3 Å². The van der Waals surface area contributed by atoms with Gasteiger partial charge in [-0.25, -0.2) is 0 Å². The molecule has 2 aromatic rings. The summed E-state index contributed by atoms with van der Waals surface area (Å²) < 4.78 is 7.80. The van der Waals surface area contributed by atoms with Gasteiger partial charge in [-0.1, -0.05) is 19.9 Å². The number of ether oxygens (including phenoxy) is 1. The van der Waals surface area contributed by atoms with Gasteiger partial charge in [0.25, 0.3) is 0 Å². The van der Waals surface area contributed by atoms with Crippen molar-refractivity contribution in [2.45, 2.75) is 32.8 Å². The van der Waals surface area contributed by atoms with E-state index >= 15 is 0 Å². The van der Waals surface area contributed by atoms with Crippen LogP contribution in [-0.4, -0.2) is 58.4 Å². The Bertz CT molecular complexity index is 757. The van der Waals surface area contributed by atoms with E-state index in [0.29, 0.717) is 18.4 Å². The number of aryl methyl sites for hydroxylation is 1. The predicted molar refractivity (Wildman–Crippen MR) is 111 cm³/mol. The molecule has 7 heteroatoms. The molecule has 7 nitrogen and oxygen atoms in total. The zero-order valence-corrected chi connectivity index (χ0v) is 17.4. The minimum absolute atomic E-state index is 0.0190. The van der Waals surface area contributed by atoms with Gasteiger partial charge in [0.15, 0.2) is 5.96 Å². The van der Waals surface area contributed by atoms with Crippen LogP contribution in [0.1, 0.15) is 43.9 Å². The molecule has 2 unspecified atom stereocenters. The van der Waals surface area contributed by atoms with E-state index in [9.17, 15) is 0 Å². The molecule has 0 radical (unpaired) electrons. The molecule has 1 aliphatic rings. The fourth-order valence-electron chi connectivity index (χ4n) is 3.56. The van der Waals surface area contributed by atoms with Crippen molar-refractivity contribution in [1.29, 1.82) is 0 Å². The molecule has 2 atom stereocenters. The van der Waals surface area contributed by atoms with Crippen molar-refractivity contribution in [3.63, 3.8) is 0 Å². The molecule has 0 saturated carbocycles. The summed E-state index contributed by atoms with van der Waals surface area (Å²) in [6.45, 7) is 10.5. The number of rotatable bonds is 6. The molecule has 0 aromatic carbocycles. The second kappa shape index (κ2) is 9.68. The van der Waals surface area contributed by atoms with E-state index in [-0.39, 0.29) is 6.10 Å². The van der Waals surface area contributed by atoms with Gasteiger partial charge in [0.1, 0.15) is 6.10 Å². The summed E-state index contributed by atoms with van der Waals surface area (Å²) in [7, 11) is 1.93. The molecule has 0 amide bonds. The fraction of sp³-hybridized carbons (Fsp3) is 0.571. The maximum atomic E-state index is 5.98. The van der Waals surface area contributed by atoms with Crippen molar-refractivity contribution in [3.05, 3.63) is 48.0 Å². The van der Waals surface area contributed by atoms with E-state index in [1.165, 1.54) is 5.56 Å². The Kier molecular flexibility index (Phi) is 7.03. The van der Waals surface area contributed by atoms with E-state index in [0.717, 1.165) is 37.7 Å². The lowest BCUT2D eigenvalue weighted by Gasteiger charge is -2.35. The van der Waals surface area contributed by atoms with E-state index in [1.54, 1.807) is 0 Å². The summed E-state index contributed by atoms with van der Waals surface area (Å²) >= 11 is 0. The number of hydrogen-bond donors (Lipinski definition) is 1. The number of morpholine rings is 1.